The van der Waals surface area contributed by atoms with Gasteiger partial charge in [-0.2, -0.15) is 0 Å². The Morgan fingerprint density at radius 3 is 1.64 bits per heavy atom. The molecule has 0 spiro atoms. The molecule has 1 amide bonds. The number of rotatable bonds is 7. The number of aliphatic carboxylic acids is 1. The fourth-order valence-electron chi connectivity index (χ4n) is 5.01. The molecule has 0 unspecified atom stereocenters. The average molecular weight is 474 g/mol. The zero-order chi connectivity index (χ0) is 25.1. The van der Waals surface area contributed by atoms with Crippen molar-refractivity contribution < 1.29 is 14.7 Å². The number of carboxylic acid groups (broad SMARTS) is 1. The van der Waals surface area contributed by atoms with Crippen molar-refractivity contribution in [3.63, 3.8) is 0 Å². The van der Waals surface area contributed by atoms with Crippen LogP contribution in [-0.4, -0.2) is 23.0 Å². The topological polar surface area (TPSA) is 66.4 Å². The predicted octanol–water partition coefficient (Wildman–Crippen LogP) is 6.11. The minimum atomic E-state index is -1.10. The number of hydrogen-bond acceptors (Lipinski definition) is 2. The zero-order valence-electron chi connectivity index (χ0n) is 20.0. The van der Waals surface area contributed by atoms with Crippen LogP contribution in [0.1, 0.15) is 23.6 Å². The standard InChI is InChI=1S/C32H27NO3/c1-32(24-14-4-2-5-15-24,25-16-6-3-7-17-25)31(36)33-29(30(34)35)21-28-26-18-10-8-12-22(26)20-23-13-9-11-19-27(23)28/h2-20,29H,21H2,1H3,(H,33,36)(H,34,35)/t29-/m1/s1. The first kappa shape index (κ1) is 23.3. The van der Waals surface area contributed by atoms with Crippen LogP contribution in [0.4, 0.5) is 0 Å². The average Bonchev–Trinajstić information content (AvgIpc) is 2.92. The Balaban J connectivity index is 1.56. The molecule has 0 heterocycles. The quantitative estimate of drug-likeness (QED) is 0.280. The lowest BCUT2D eigenvalue weighted by Crippen LogP contribution is -2.50. The molecule has 4 heteroatoms. The Morgan fingerprint density at radius 2 is 1.17 bits per heavy atom. The summed E-state index contributed by atoms with van der Waals surface area (Å²) in [5.74, 6) is -1.42. The fraction of sp³-hybridized carbons (Fsp3) is 0.125. The summed E-state index contributed by atoms with van der Waals surface area (Å²) in [5, 5.41) is 17.2. The third-order valence-corrected chi connectivity index (χ3v) is 7.05. The maximum Gasteiger partial charge on any atom is 0.326 e. The van der Waals surface area contributed by atoms with Crippen LogP contribution in [0.5, 0.6) is 0 Å². The first-order valence-corrected chi connectivity index (χ1v) is 12.0. The zero-order valence-corrected chi connectivity index (χ0v) is 20.0. The number of carbonyl (C=O) groups excluding carboxylic acids is 1. The van der Waals surface area contributed by atoms with Gasteiger partial charge in [-0.3, -0.25) is 4.79 Å². The molecule has 0 aromatic heterocycles. The van der Waals surface area contributed by atoms with Gasteiger partial charge in [-0.1, -0.05) is 109 Å². The number of benzene rings is 5. The highest BCUT2D eigenvalue weighted by Crippen LogP contribution is 2.33. The van der Waals surface area contributed by atoms with E-state index in [1.807, 2.05) is 116 Å². The number of fused-ring (bicyclic) bond motifs is 2. The minimum Gasteiger partial charge on any atom is -0.480 e. The van der Waals surface area contributed by atoms with Crippen molar-refractivity contribution >= 4 is 33.4 Å². The summed E-state index contributed by atoms with van der Waals surface area (Å²) in [6.07, 6.45) is 0.169. The van der Waals surface area contributed by atoms with Crippen LogP contribution in [0, 0.1) is 0 Å². The van der Waals surface area contributed by atoms with Crippen molar-refractivity contribution in [1.82, 2.24) is 5.32 Å². The van der Waals surface area contributed by atoms with Crippen LogP contribution >= 0.6 is 0 Å². The van der Waals surface area contributed by atoms with Crippen LogP contribution in [0.25, 0.3) is 21.5 Å². The summed E-state index contributed by atoms with van der Waals surface area (Å²) in [4.78, 5) is 26.4. The van der Waals surface area contributed by atoms with E-state index < -0.39 is 17.4 Å². The van der Waals surface area contributed by atoms with E-state index in [-0.39, 0.29) is 12.3 Å². The smallest absolute Gasteiger partial charge is 0.326 e. The van der Waals surface area contributed by atoms with Gasteiger partial charge >= 0.3 is 5.97 Å². The van der Waals surface area contributed by atoms with Gasteiger partial charge in [-0.15, -0.1) is 0 Å². The lowest BCUT2D eigenvalue weighted by Gasteiger charge is -2.31. The summed E-state index contributed by atoms with van der Waals surface area (Å²) in [5.41, 5.74) is 1.45. The summed E-state index contributed by atoms with van der Waals surface area (Å²) in [7, 11) is 0. The Kier molecular flexibility index (Phi) is 6.26. The Hall–Kier alpha value is -4.44. The molecular formula is C32H27NO3. The molecule has 0 bridgehead atoms. The molecule has 0 aliphatic rings. The van der Waals surface area contributed by atoms with Crippen molar-refractivity contribution in [3.8, 4) is 0 Å². The monoisotopic (exact) mass is 473 g/mol. The van der Waals surface area contributed by atoms with Crippen LogP contribution in [0.3, 0.4) is 0 Å². The van der Waals surface area contributed by atoms with E-state index in [0.717, 1.165) is 38.2 Å². The molecule has 178 valence electrons. The summed E-state index contributed by atoms with van der Waals surface area (Å²) >= 11 is 0. The van der Waals surface area contributed by atoms with Crippen molar-refractivity contribution in [2.24, 2.45) is 0 Å². The highest BCUT2D eigenvalue weighted by atomic mass is 16.4. The second-order valence-electron chi connectivity index (χ2n) is 9.22. The number of carboxylic acids is 1. The van der Waals surface area contributed by atoms with E-state index >= 15 is 0 Å². The molecule has 0 saturated heterocycles. The normalized spacial score (nSPS) is 12.4. The molecule has 4 nitrogen and oxygen atoms in total. The molecule has 2 N–H and O–H groups in total. The van der Waals surface area contributed by atoms with Gasteiger partial charge in [0, 0.05) is 6.42 Å². The van der Waals surface area contributed by atoms with Crippen molar-refractivity contribution in [2.45, 2.75) is 24.8 Å². The highest BCUT2D eigenvalue weighted by Gasteiger charge is 2.39. The molecule has 0 aliphatic carbocycles. The van der Waals surface area contributed by atoms with E-state index in [4.69, 9.17) is 0 Å². The van der Waals surface area contributed by atoms with Gasteiger partial charge in [0.15, 0.2) is 0 Å². The molecule has 5 aromatic carbocycles. The lowest BCUT2D eigenvalue weighted by atomic mass is 9.75. The fourth-order valence-corrected chi connectivity index (χ4v) is 5.01. The maximum atomic E-state index is 13.9. The van der Waals surface area contributed by atoms with Gasteiger partial charge < -0.3 is 10.4 Å². The van der Waals surface area contributed by atoms with E-state index in [9.17, 15) is 14.7 Å². The Bertz CT molecular complexity index is 1450. The summed E-state index contributed by atoms with van der Waals surface area (Å²) < 4.78 is 0. The second-order valence-corrected chi connectivity index (χ2v) is 9.22. The molecular weight excluding hydrogens is 446 g/mol. The van der Waals surface area contributed by atoms with Crippen LogP contribution < -0.4 is 5.32 Å². The van der Waals surface area contributed by atoms with Gasteiger partial charge in [-0.05, 0) is 51.2 Å². The van der Waals surface area contributed by atoms with Gasteiger partial charge in [0.25, 0.3) is 0 Å². The van der Waals surface area contributed by atoms with Gasteiger partial charge in [0.05, 0.1) is 5.41 Å². The lowest BCUT2D eigenvalue weighted by molar-refractivity contribution is -0.142. The second kappa shape index (κ2) is 9.67. The molecule has 5 aromatic rings. The van der Waals surface area contributed by atoms with Crippen molar-refractivity contribution in [1.29, 1.82) is 0 Å². The van der Waals surface area contributed by atoms with Gasteiger partial charge in [0.1, 0.15) is 6.04 Å². The summed E-state index contributed by atoms with van der Waals surface area (Å²) in [6.45, 7) is 1.85. The third kappa shape index (κ3) is 4.22. The van der Waals surface area contributed by atoms with Crippen molar-refractivity contribution in [3.05, 3.63) is 132 Å². The molecule has 5 rings (SSSR count). The van der Waals surface area contributed by atoms with E-state index in [2.05, 4.69) is 11.4 Å². The molecule has 36 heavy (non-hydrogen) atoms. The van der Waals surface area contributed by atoms with Gasteiger partial charge in [-0.25, -0.2) is 4.79 Å². The Morgan fingerprint density at radius 1 is 0.722 bits per heavy atom. The number of carbonyl (C=O) groups is 2. The molecule has 1 atom stereocenters. The summed E-state index contributed by atoms with van der Waals surface area (Å²) in [6, 6.07) is 35.9. The molecule has 0 fully saturated rings. The van der Waals surface area contributed by atoms with Gasteiger partial charge in [0.2, 0.25) is 5.91 Å². The highest BCUT2D eigenvalue weighted by molar-refractivity contribution is 6.03. The molecule has 0 saturated carbocycles. The first-order chi connectivity index (χ1) is 17.5. The van der Waals surface area contributed by atoms with Crippen LogP contribution in [0.2, 0.25) is 0 Å². The van der Waals surface area contributed by atoms with E-state index in [1.165, 1.54) is 0 Å². The van der Waals surface area contributed by atoms with E-state index in [1.54, 1.807) is 0 Å². The molecule has 0 radical (unpaired) electrons. The largest absolute Gasteiger partial charge is 0.480 e. The number of nitrogens with one attached hydrogen (secondary N) is 1. The third-order valence-electron chi connectivity index (χ3n) is 7.05. The minimum absolute atomic E-state index is 0.169. The SMILES string of the molecule is CC(C(=O)N[C@H](Cc1c2ccccc2cc2ccccc12)C(=O)O)(c1ccccc1)c1ccccc1. The maximum absolute atomic E-state index is 13.9. The van der Waals surface area contributed by atoms with E-state index in [0.29, 0.717) is 0 Å². The van der Waals surface area contributed by atoms with Crippen LogP contribution in [0.15, 0.2) is 115 Å². The first-order valence-electron chi connectivity index (χ1n) is 12.0. The number of amides is 1. The predicted molar refractivity (Wildman–Crippen MR) is 144 cm³/mol. The van der Waals surface area contributed by atoms with Crippen molar-refractivity contribution in [2.75, 3.05) is 0 Å². The Labute approximate surface area is 210 Å². The molecule has 0 aliphatic heterocycles. The number of hydrogen-bond donors (Lipinski definition) is 2. The van der Waals surface area contributed by atoms with Crippen LogP contribution in [-0.2, 0) is 21.4 Å².